The van der Waals surface area contributed by atoms with Crippen molar-refractivity contribution >= 4 is 33.6 Å². The minimum Gasteiger partial charge on any atom is -0.463 e. The van der Waals surface area contributed by atoms with Gasteiger partial charge in [0.15, 0.2) is 6.10 Å². The number of carbonyl (C=O) groups excluding carboxylic acids is 3. The van der Waals surface area contributed by atoms with Crippen LogP contribution < -0.4 is 0 Å². The maximum absolute atomic E-state index is 12.9. The molecule has 0 saturated heterocycles. The van der Waals surface area contributed by atoms with Crippen molar-refractivity contribution in [2.75, 3.05) is 39.6 Å². The second-order valence-corrected chi connectivity index (χ2v) is 28.0. The second-order valence-electron chi connectivity index (χ2n) is 25.0. The lowest BCUT2D eigenvalue weighted by Crippen LogP contribution is -2.30. The zero-order valence-electron chi connectivity index (χ0n) is 59.8. The fourth-order valence-corrected chi connectivity index (χ4v) is 11.7. The third-order valence-corrected chi connectivity index (χ3v) is 17.7. The molecule has 0 radical (unpaired) electrons. The van der Waals surface area contributed by atoms with Gasteiger partial charge in [0.1, 0.15) is 25.4 Å². The van der Waals surface area contributed by atoms with Crippen molar-refractivity contribution in [3.05, 3.63) is 97.2 Å². The molecule has 0 spiro atoms. The van der Waals surface area contributed by atoms with E-state index in [-0.39, 0.29) is 19.3 Å². The van der Waals surface area contributed by atoms with Crippen LogP contribution in [-0.2, 0) is 55.8 Å². The summed E-state index contributed by atoms with van der Waals surface area (Å²) in [4.78, 5) is 58.3. The first-order valence-corrected chi connectivity index (χ1v) is 40.5. The van der Waals surface area contributed by atoms with Crippen LogP contribution in [0.2, 0.25) is 0 Å². The van der Waals surface area contributed by atoms with Gasteiger partial charge < -0.3 is 34.2 Å². The van der Waals surface area contributed by atoms with E-state index in [1.165, 1.54) is 128 Å². The summed E-state index contributed by atoms with van der Waals surface area (Å²) in [6.07, 6.45) is 79.2. The Bertz CT molecular complexity index is 2120. The fourth-order valence-electron chi connectivity index (χ4n) is 10.1. The van der Waals surface area contributed by atoms with Crippen LogP contribution in [0.15, 0.2) is 97.2 Å². The molecule has 0 aliphatic carbocycles. The highest BCUT2D eigenvalue weighted by Gasteiger charge is 2.29. The summed E-state index contributed by atoms with van der Waals surface area (Å²) >= 11 is 0. The first-order valence-electron chi connectivity index (χ1n) is 37.5. The molecule has 5 atom stereocenters. The van der Waals surface area contributed by atoms with Gasteiger partial charge in [-0.1, -0.05) is 298 Å². The first-order chi connectivity index (χ1) is 46.2. The molecule has 0 rings (SSSR count). The molecule has 0 fully saturated rings. The van der Waals surface area contributed by atoms with E-state index in [1.807, 2.05) is 0 Å². The average Bonchev–Trinajstić information content (AvgIpc) is 3.18. The Labute approximate surface area is 578 Å². The molecule has 0 heterocycles. The Kier molecular flexibility index (Phi) is 67.7. The fraction of sp³-hybridized carbons (Fsp3) is 0.753. The first kappa shape index (κ1) is 91.5. The molecule has 5 unspecified atom stereocenters. The smallest absolute Gasteiger partial charge is 0.463 e. The summed E-state index contributed by atoms with van der Waals surface area (Å²) in [7, 11) is -9.77. The van der Waals surface area contributed by atoms with Gasteiger partial charge in [-0.25, -0.2) is 9.13 Å². The lowest BCUT2D eigenvalue weighted by molar-refractivity contribution is -0.161. The van der Waals surface area contributed by atoms with Gasteiger partial charge in [-0.05, 0) is 96.3 Å². The molecule has 4 N–H and O–H groups in total. The zero-order chi connectivity index (χ0) is 69.5. The molecule has 0 aliphatic heterocycles. The molecule has 95 heavy (non-hydrogen) atoms. The number of aliphatic hydroxyl groups is 2. The van der Waals surface area contributed by atoms with Gasteiger partial charge >= 0.3 is 33.6 Å². The lowest BCUT2D eigenvalue weighted by Gasteiger charge is -2.21. The van der Waals surface area contributed by atoms with Gasteiger partial charge in [0.2, 0.25) is 0 Å². The highest BCUT2D eigenvalue weighted by atomic mass is 31.2. The third-order valence-electron chi connectivity index (χ3n) is 15.8. The Balaban J connectivity index is 4.31. The van der Waals surface area contributed by atoms with Crippen molar-refractivity contribution in [3.8, 4) is 0 Å². The number of rotatable bonds is 71. The minimum atomic E-state index is -4.92. The summed E-state index contributed by atoms with van der Waals surface area (Å²) in [6, 6.07) is 0. The van der Waals surface area contributed by atoms with E-state index in [1.54, 1.807) is 0 Å². The number of phosphoric ester groups is 2. The molecule has 0 aliphatic rings. The van der Waals surface area contributed by atoms with Gasteiger partial charge in [-0.2, -0.15) is 0 Å². The summed E-state index contributed by atoms with van der Waals surface area (Å²) in [5, 5.41) is 20.6. The third kappa shape index (κ3) is 71.6. The molecule has 0 saturated carbocycles. The number of phosphoric acid groups is 2. The van der Waals surface area contributed by atoms with Crippen molar-refractivity contribution in [1.29, 1.82) is 0 Å². The number of allylic oxidation sites excluding steroid dienone is 16. The van der Waals surface area contributed by atoms with Gasteiger partial charge in [-0.3, -0.25) is 32.5 Å². The number of esters is 3. The average molecular weight is 1380 g/mol. The van der Waals surface area contributed by atoms with Crippen LogP contribution in [0.4, 0.5) is 0 Å². The standard InChI is InChI=1S/C77H136O16P2/c1-4-7-10-13-16-19-22-24-26-27-28-29-30-31-32-33-34-35-36-37-38-39-40-41-42-43-45-47-49-51-54-57-60-63-75(80)87-66-72(78)67-89-94(83,84)90-68-73(79)69-91-95(85,86)92-71-74(93-77(82)65-62-59-56-53-48-21-18-15-12-9-6-3)70-88-76(81)64-61-58-55-52-50-46-44-25-23-20-17-14-11-8-5-2/h7-8,10-11,16-17,19-20,24-26,28-29,31-32,44,72-74,78-79H,4-6,9,12-15,18,21-23,27,30,33-43,45-71H2,1-3H3,(H,83,84)(H,85,86)/b10-7-,11-8-,19-16-,20-17-,26-24-,29-28-,32-31-,44-25-. The number of aliphatic hydroxyl groups excluding tert-OH is 2. The van der Waals surface area contributed by atoms with Crippen molar-refractivity contribution in [2.45, 2.75) is 334 Å². The van der Waals surface area contributed by atoms with Gasteiger partial charge in [-0.15, -0.1) is 0 Å². The predicted molar refractivity (Wildman–Crippen MR) is 390 cm³/mol. The topological polar surface area (TPSA) is 231 Å². The maximum atomic E-state index is 12.9. The zero-order valence-corrected chi connectivity index (χ0v) is 61.6. The Morgan fingerprint density at radius 2 is 0.558 bits per heavy atom. The Morgan fingerprint density at radius 3 is 0.884 bits per heavy atom. The van der Waals surface area contributed by atoms with Crippen LogP contribution in [0.5, 0.6) is 0 Å². The number of carbonyl (C=O) groups is 3. The van der Waals surface area contributed by atoms with E-state index in [4.69, 9.17) is 32.3 Å². The van der Waals surface area contributed by atoms with Crippen molar-refractivity contribution in [1.82, 2.24) is 0 Å². The summed E-state index contributed by atoms with van der Waals surface area (Å²) in [5.74, 6) is -1.58. The molecular weight excluding hydrogens is 1240 g/mol. The van der Waals surface area contributed by atoms with E-state index < -0.39 is 91.5 Å². The van der Waals surface area contributed by atoms with Crippen molar-refractivity contribution in [2.24, 2.45) is 0 Å². The van der Waals surface area contributed by atoms with Crippen LogP contribution in [-0.4, -0.2) is 95.9 Å². The van der Waals surface area contributed by atoms with Crippen molar-refractivity contribution < 1.29 is 75.8 Å². The molecule has 16 nitrogen and oxygen atoms in total. The van der Waals surface area contributed by atoms with E-state index in [0.29, 0.717) is 19.3 Å². The molecule has 550 valence electrons. The maximum Gasteiger partial charge on any atom is 0.472 e. The van der Waals surface area contributed by atoms with Gasteiger partial charge in [0.25, 0.3) is 0 Å². The van der Waals surface area contributed by atoms with E-state index in [0.717, 1.165) is 128 Å². The molecular formula is C77H136O16P2. The van der Waals surface area contributed by atoms with E-state index >= 15 is 0 Å². The minimum absolute atomic E-state index is 0.104. The van der Waals surface area contributed by atoms with E-state index in [2.05, 4.69) is 118 Å². The molecule has 0 aromatic heterocycles. The predicted octanol–water partition coefficient (Wildman–Crippen LogP) is 21.4. The highest BCUT2D eigenvalue weighted by Crippen LogP contribution is 2.45. The largest absolute Gasteiger partial charge is 0.472 e. The molecule has 0 aromatic carbocycles. The normalized spacial score (nSPS) is 14.6. The van der Waals surface area contributed by atoms with Crippen LogP contribution in [0.25, 0.3) is 0 Å². The molecule has 0 bridgehead atoms. The van der Waals surface area contributed by atoms with Crippen molar-refractivity contribution in [3.63, 3.8) is 0 Å². The van der Waals surface area contributed by atoms with Crippen LogP contribution in [0.1, 0.15) is 316 Å². The van der Waals surface area contributed by atoms with E-state index in [9.17, 15) is 43.5 Å². The van der Waals surface area contributed by atoms with Crippen LogP contribution >= 0.6 is 15.6 Å². The number of unbranched alkanes of at least 4 members (excludes halogenated alkanes) is 32. The summed E-state index contributed by atoms with van der Waals surface area (Å²) in [6.45, 7) is 2.44. The van der Waals surface area contributed by atoms with Crippen LogP contribution in [0, 0.1) is 0 Å². The Hall–Kier alpha value is -3.53. The van der Waals surface area contributed by atoms with Gasteiger partial charge in [0, 0.05) is 19.3 Å². The lowest BCUT2D eigenvalue weighted by atomic mass is 10.0. The molecule has 0 aromatic rings. The highest BCUT2D eigenvalue weighted by molar-refractivity contribution is 7.47. The number of hydrogen-bond donors (Lipinski definition) is 4. The van der Waals surface area contributed by atoms with Crippen LogP contribution in [0.3, 0.4) is 0 Å². The Morgan fingerprint density at radius 1 is 0.305 bits per heavy atom. The summed E-state index contributed by atoms with van der Waals surface area (Å²) in [5.41, 5.74) is 0. The quantitative estimate of drug-likeness (QED) is 0.0146. The SMILES string of the molecule is CC/C=C\C/C=C\C/C=C\C/C=C\C/C=C\CCCCCCCCCCCCCCCCCCCC(=O)OCC(O)COP(=O)(O)OCC(O)COP(=O)(O)OCC(COC(=O)CCCCCCC/C=C\C/C=C\C/C=C\CC)OC(=O)CCCCCCCCCCCCC. The molecule has 18 heteroatoms. The van der Waals surface area contributed by atoms with Gasteiger partial charge in [0.05, 0.1) is 26.4 Å². The summed E-state index contributed by atoms with van der Waals surface area (Å²) < 4.78 is 60.9. The number of hydrogen-bond acceptors (Lipinski definition) is 14. The monoisotopic (exact) mass is 1380 g/mol. The number of ether oxygens (including phenoxy) is 3. The second kappa shape index (κ2) is 70.3. The molecule has 0 amide bonds.